The van der Waals surface area contributed by atoms with E-state index >= 15 is 0 Å². The van der Waals surface area contributed by atoms with Gasteiger partial charge in [0.1, 0.15) is 4.90 Å². The normalized spacial score (nSPS) is 15.6. The van der Waals surface area contributed by atoms with Gasteiger partial charge in [-0.3, -0.25) is 0 Å². The van der Waals surface area contributed by atoms with Gasteiger partial charge in [0.2, 0.25) is 10.0 Å². The quantitative estimate of drug-likeness (QED) is 0.725. The van der Waals surface area contributed by atoms with Crippen molar-refractivity contribution < 1.29 is 23.1 Å². The third-order valence-corrected chi connectivity index (χ3v) is 5.28. The second kappa shape index (κ2) is 7.76. The van der Waals surface area contributed by atoms with E-state index in [0.717, 1.165) is 32.4 Å². The van der Waals surface area contributed by atoms with E-state index in [2.05, 4.69) is 4.72 Å². The van der Waals surface area contributed by atoms with Crippen LogP contribution in [0.4, 0.5) is 5.69 Å². The fourth-order valence-corrected chi connectivity index (χ4v) is 3.88. The number of carbonyl (C=O) groups is 1. The third kappa shape index (κ3) is 4.43. The van der Waals surface area contributed by atoms with Crippen molar-refractivity contribution in [2.75, 3.05) is 38.3 Å². The van der Waals surface area contributed by atoms with Crippen LogP contribution in [0.25, 0.3) is 0 Å². The van der Waals surface area contributed by atoms with Crippen LogP contribution < -0.4 is 9.62 Å². The van der Waals surface area contributed by atoms with Gasteiger partial charge in [0.15, 0.2) is 0 Å². The monoisotopic (exact) mass is 342 g/mol. The molecule has 2 N–H and O–H groups in total. The van der Waals surface area contributed by atoms with E-state index in [-0.39, 0.29) is 23.6 Å². The van der Waals surface area contributed by atoms with E-state index in [0.29, 0.717) is 5.69 Å². The molecule has 1 aliphatic heterocycles. The Bertz CT molecular complexity index is 654. The zero-order valence-corrected chi connectivity index (χ0v) is 13.9. The van der Waals surface area contributed by atoms with Gasteiger partial charge in [-0.05, 0) is 37.5 Å². The summed E-state index contributed by atoms with van der Waals surface area (Å²) in [5.74, 6) is -1.15. The Morgan fingerprint density at radius 3 is 2.61 bits per heavy atom. The number of methoxy groups -OCH3 is 1. The first kappa shape index (κ1) is 17.7. The molecule has 0 aromatic heterocycles. The molecule has 0 bridgehead atoms. The minimum absolute atomic E-state index is 0.00963. The number of sulfonamides is 1. The molecule has 1 aliphatic rings. The molecule has 0 radical (unpaired) electrons. The summed E-state index contributed by atoms with van der Waals surface area (Å²) in [6.45, 7) is 1.92. The number of nitrogens with zero attached hydrogens (tertiary/aromatic N) is 1. The first-order valence-corrected chi connectivity index (χ1v) is 9.05. The molecule has 0 saturated carbocycles. The second-order valence-corrected chi connectivity index (χ2v) is 7.16. The molecule has 0 aliphatic carbocycles. The average molecular weight is 342 g/mol. The van der Waals surface area contributed by atoms with Crippen molar-refractivity contribution in [1.29, 1.82) is 0 Å². The van der Waals surface area contributed by atoms with Crippen LogP contribution >= 0.6 is 0 Å². The van der Waals surface area contributed by atoms with Crippen LogP contribution in [-0.4, -0.2) is 52.8 Å². The van der Waals surface area contributed by atoms with Crippen molar-refractivity contribution in [2.24, 2.45) is 0 Å². The highest BCUT2D eigenvalue weighted by molar-refractivity contribution is 7.89. The lowest BCUT2D eigenvalue weighted by atomic mass is 10.1. The maximum atomic E-state index is 12.6. The molecule has 1 fully saturated rings. The Hall–Kier alpha value is -1.64. The number of nitrogens with one attached hydrogen (secondary N) is 1. The predicted octanol–water partition coefficient (Wildman–Crippen LogP) is 1.30. The Morgan fingerprint density at radius 2 is 2.00 bits per heavy atom. The predicted molar refractivity (Wildman–Crippen MR) is 86.5 cm³/mol. The number of hydrogen-bond donors (Lipinski definition) is 2. The average Bonchev–Trinajstić information content (AvgIpc) is 2.55. The van der Waals surface area contributed by atoms with Gasteiger partial charge in [0.05, 0.1) is 17.9 Å². The Kier molecular flexibility index (Phi) is 5.97. The van der Waals surface area contributed by atoms with E-state index in [9.17, 15) is 13.2 Å². The molecule has 1 aromatic rings. The first-order chi connectivity index (χ1) is 11.0. The smallest absolute Gasteiger partial charge is 0.335 e. The van der Waals surface area contributed by atoms with E-state index in [1.807, 2.05) is 4.90 Å². The fraction of sp³-hybridized carbons (Fsp3) is 0.533. The van der Waals surface area contributed by atoms with Crippen molar-refractivity contribution >= 4 is 21.7 Å². The molecule has 0 amide bonds. The number of aromatic carboxylic acids is 1. The summed E-state index contributed by atoms with van der Waals surface area (Å²) in [6.07, 6.45) is 3.12. The summed E-state index contributed by atoms with van der Waals surface area (Å²) in [6, 6.07) is 4.25. The highest BCUT2D eigenvalue weighted by Crippen LogP contribution is 2.29. The van der Waals surface area contributed by atoms with Crippen LogP contribution in [0.5, 0.6) is 0 Å². The standard InChI is InChI=1S/C15H22N2O5S/c1-22-10-7-16-23(20,21)14-11-12(15(18)19)5-6-13(14)17-8-3-2-4-9-17/h5-6,11,16H,2-4,7-10H2,1H3,(H,18,19). The Labute approximate surface area is 136 Å². The van der Waals surface area contributed by atoms with Crippen LogP contribution in [-0.2, 0) is 14.8 Å². The molecule has 0 unspecified atom stereocenters. The van der Waals surface area contributed by atoms with Gasteiger partial charge in [0.25, 0.3) is 0 Å². The summed E-state index contributed by atoms with van der Waals surface area (Å²) >= 11 is 0. The Balaban J connectivity index is 2.39. The molecule has 1 saturated heterocycles. The van der Waals surface area contributed by atoms with Crippen LogP contribution in [0, 0.1) is 0 Å². The van der Waals surface area contributed by atoms with Gasteiger partial charge in [-0.15, -0.1) is 0 Å². The van der Waals surface area contributed by atoms with Gasteiger partial charge < -0.3 is 14.7 Å². The number of carboxylic acids is 1. The summed E-state index contributed by atoms with van der Waals surface area (Å²) in [5, 5.41) is 9.14. The number of benzene rings is 1. The lowest BCUT2D eigenvalue weighted by molar-refractivity contribution is 0.0696. The summed E-state index contributed by atoms with van der Waals surface area (Å²) in [5.41, 5.74) is 0.512. The van der Waals surface area contributed by atoms with E-state index in [4.69, 9.17) is 9.84 Å². The zero-order chi connectivity index (χ0) is 16.9. The van der Waals surface area contributed by atoms with Crippen LogP contribution in [0.15, 0.2) is 23.1 Å². The highest BCUT2D eigenvalue weighted by Gasteiger charge is 2.24. The maximum Gasteiger partial charge on any atom is 0.335 e. The molecule has 23 heavy (non-hydrogen) atoms. The zero-order valence-electron chi connectivity index (χ0n) is 13.1. The van der Waals surface area contributed by atoms with Crippen molar-refractivity contribution in [3.8, 4) is 0 Å². The number of anilines is 1. The number of rotatable bonds is 7. The number of piperidine rings is 1. The van der Waals surface area contributed by atoms with E-state index in [1.165, 1.54) is 19.2 Å². The van der Waals surface area contributed by atoms with Crippen LogP contribution in [0.1, 0.15) is 29.6 Å². The molecule has 8 heteroatoms. The molecule has 0 atom stereocenters. The number of carboxylic acid groups (broad SMARTS) is 1. The summed E-state index contributed by atoms with van der Waals surface area (Å²) in [4.78, 5) is 13.2. The van der Waals surface area contributed by atoms with Crippen molar-refractivity contribution in [2.45, 2.75) is 24.2 Å². The maximum absolute atomic E-state index is 12.6. The molecule has 128 valence electrons. The van der Waals surface area contributed by atoms with Crippen molar-refractivity contribution in [3.63, 3.8) is 0 Å². The van der Waals surface area contributed by atoms with E-state index < -0.39 is 16.0 Å². The van der Waals surface area contributed by atoms with Gasteiger partial charge >= 0.3 is 5.97 Å². The van der Waals surface area contributed by atoms with Crippen LogP contribution in [0.3, 0.4) is 0 Å². The molecule has 1 aromatic carbocycles. The molecular formula is C15H22N2O5S. The minimum atomic E-state index is -3.80. The Morgan fingerprint density at radius 1 is 1.30 bits per heavy atom. The second-order valence-electron chi connectivity index (χ2n) is 5.43. The minimum Gasteiger partial charge on any atom is -0.478 e. The van der Waals surface area contributed by atoms with Gasteiger partial charge in [-0.25, -0.2) is 17.9 Å². The molecule has 1 heterocycles. The SMILES string of the molecule is COCCNS(=O)(=O)c1cc(C(=O)O)ccc1N1CCCCC1. The van der Waals surface area contributed by atoms with E-state index in [1.54, 1.807) is 6.07 Å². The largest absolute Gasteiger partial charge is 0.478 e. The molecular weight excluding hydrogens is 320 g/mol. The lowest BCUT2D eigenvalue weighted by Gasteiger charge is -2.30. The molecule has 0 spiro atoms. The molecule has 2 rings (SSSR count). The topological polar surface area (TPSA) is 95.9 Å². The lowest BCUT2D eigenvalue weighted by Crippen LogP contribution is -2.33. The van der Waals surface area contributed by atoms with Crippen molar-refractivity contribution in [3.05, 3.63) is 23.8 Å². The van der Waals surface area contributed by atoms with Gasteiger partial charge in [-0.1, -0.05) is 0 Å². The number of hydrogen-bond acceptors (Lipinski definition) is 5. The first-order valence-electron chi connectivity index (χ1n) is 7.56. The van der Waals surface area contributed by atoms with Crippen molar-refractivity contribution in [1.82, 2.24) is 4.72 Å². The van der Waals surface area contributed by atoms with Gasteiger partial charge in [-0.2, -0.15) is 0 Å². The summed E-state index contributed by atoms with van der Waals surface area (Å²) < 4.78 is 32.4. The fourth-order valence-electron chi connectivity index (χ4n) is 2.61. The summed E-state index contributed by atoms with van der Waals surface area (Å²) in [7, 11) is -2.32. The van der Waals surface area contributed by atoms with Crippen LogP contribution in [0.2, 0.25) is 0 Å². The number of ether oxygens (including phenoxy) is 1. The highest BCUT2D eigenvalue weighted by atomic mass is 32.2. The third-order valence-electron chi connectivity index (χ3n) is 3.79. The molecule has 7 nitrogen and oxygen atoms in total. The van der Waals surface area contributed by atoms with Gasteiger partial charge in [0, 0.05) is 26.7 Å².